The molecular formula is C6H8F4O3. The van der Waals surface area contributed by atoms with Crippen LogP contribution in [-0.2, 0) is 4.79 Å². The molecule has 0 amide bonds. The summed E-state index contributed by atoms with van der Waals surface area (Å²) >= 11 is 0. The molecule has 0 heterocycles. The number of carbonyl (C=O) groups is 1. The molecule has 0 saturated carbocycles. The first kappa shape index (κ1) is 12.2. The van der Waals surface area contributed by atoms with E-state index in [9.17, 15) is 22.4 Å². The lowest BCUT2D eigenvalue weighted by Gasteiger charge is -2.21. The van der Waals surface area contributed by atoms with Gasteiger partial charge in [0.25, 0.3) is 0 Å². The van der Waals surface area contributed by atoms with Gasteiger partial charge in [-0.25, -0.2) is 9.18 Å². The average Bonchev–Trinajstić information content (AvgIpc) is 1.83. The summed E-state index contributed by atoms with van der Waals surface area (Å²) in [5, 5.41) is 17.0. The van der Waals surface area contributed by atoms with E-state index >= 15 is 0 Å². The van der Waals surface area contributed by atoms with Crippen LogP contribution >= 0.6 is 0 Å². The smallest absolute Gasteiger partial charge is 0.419 e. The van der Waals surface area contributed by atoms with Crippen LogP contribution in [0.5, 0.6) is 0 Å². The van der Waals surface area contributed by atoms with E-state index in [1.54, 1.807) is 0 Å². The molecule has 0 aliphatic carbocycles. The van der Waals surface area contributed by atoms with Gasteiger partial charge in [-0.3, -0.25) is 0 Å². The minimum Gasteiger partial charge on any atom is -0.479 e. The number of rotatable bonds is 3. The summed E-state index contributed by atoms with van der Waals surface area (Å²) in [6.07, 6.45) is -9.98. The Morgan fingerprint density at radius 2 is 1.85 bits per heavy atom. The molecular weight excluding hydrogens is 196 g/mol. The normalized spacial score (nSPS) is 19.2. The quantitative estimate of drug-likeness (QED) is 0.677. The van der Waals surface area contributed by atoms with Crippen LogP contribution in [0.25, 0.3) is 0 Å². The van der Waals surface area contributed by atoms with E-state index < -0.39 is 30.3 Å². The van der Waals surface area contributed by atoms with E-state index in [1.165, 1.54) is 0 Å². The van der Waals surface area contributed by atoms with Gasteiger partial charge in [0.05, 0.1) is 0 Å². The molecule has 78 valence electrons. The van der Waals surface area contributed by atoms with Crippen molar-refractivity contribution in [3.63, 3.8) is 0 Å². The summed E-state index contributed by atoms with van der Waals surface area (Å²) < 4.78 is 46.9. The minimum absolute atomic E-state index is 0.605. The topological polar surface area (TPSA) is 57.5 Å². The molecule has 0 aromatic heterocycles. The van der Waals surface area contributed by atoms with Gasteiger partial charge in [-0.05, 0) is 6.92 Å². The Morgan fingerprint density at radius 3 is 2.08 bits per heavy atom. The maximum Gasteiger partial charge on any atom is 0.419 e. The van der Waals surface area contributed by atoms with Crippen molar-refractivity contribution < 1.29 is 32.6 Å². The third-order valence-electron chi connectivity index (χ3n) is 1.39. The second kappa shape index (κ2) is 3.49. The molecule has 2 N–H and O–H groups in total. The number of hydrogen-bond acceptors (Lipinski definition) is 2. The molecule has 2 unspecified atom stereocenters. The molecule has 3 nitrogen and oxygen atoms in total. The second-order valence-electron chi connectivity index (χ2n) is 2.79. The van der Waals surface area contributed by atoms with Crippen LogP contribution in [0.2, 0.25) is 0 Å². The zero-order valence-electron chi connectivity index (χ0n) is 6.60. The Morgan fingerprint density at radius 1 is 1.46 bits per heavy atom. The molecule has 0 bridgehead atoms. The highest BCUT2D eigenvalue weighted by molar-refractivity contribution is 5.76. The van der Waals surface area contributed by atoms with Crippen molar-refractivity contribution in [3.8, 4) is 0 Å². The monoisotopic (exact) mass is 204 g/mol. The average molecular weight is 204 g/mol. The standard InChI is InChI=1S/C6H8F4O3/c1-5(13,4(11)12)2-3(7)6(8,9)10/h3,13H,2H2,1H3,(H,11,12). The van der Waals surface area contributed by atoms with Crippen molar-refractivity contribution >= 4 is 5.97 Å². The van der Waals surface area contributed by atoms with Crippen molar-refractivity contribution in [1.29, 1.82) is 0 Å². The Labute approximate surface area is 71.0 Å². The van der Waals surface area contributed by atoms with E-state index in [2.05, 4.69) is 0 Å². The highest BCUT2D eigenvalue weighted by Gasteiger charge is 2.46. The zero-order valence-corrected chi connectivity index (χ0v) is 6.60. The minimum atomic E-state index is -5.14. The van der Waals surface area contributed by atoms with Gasteiger partial charge >= 0.3 is 12.1 Å². The Bertz CT molecular complexity index is 199. The van der Waals surface area contributed by atoms with Crippen LogP contribution in [0.1, 0.15) is 13.3 Å². The summed E-state index contributed by atoms with van der Waals surface area (Å²) in [6, 6.07) is 0. The molecule has 0 spiro atoms. The van der Waals surface area contributed by atoms with E-state index in [4.69, 9.17) is 10.2 Å². The molecule has 13 heavy (non-hydrogen) atoms. The summed E-state index contributed by atoms with van der Waals surface area (Å²) in [4.78, 5) is 10.1. The third kappa shape index (κ3) is 3.58. The molecule has 0 aliphatic rings. The fourth-order valence-corrected chi connectivity index (χ4v) is 0.552. The van der Waals surface area contributed by atoms with Crippen molar-refractivity contribution in [2.24, 2.45) is 0 Å². The van der Waals surface area contributed by atoms with E-state index in [1.807, 2.05) is 0 Å². The molecule has 7 heteroatoms. The molecule has 0 radical (unpaired) electrons. The van der Waals surface area contributed by atoms with Crippen molar-refractivity contribution in [2.75, 3.05) is 0 Å². The van der Waals surface area contributed by atoms with E-state index in [0.717, 1.165) is 0 Å². The van der Waals surface area contributed by atoms with Gasteiger partial charge in [0.2, 0.25) is 0 Å². The number of alkyl halides is 4. The first-order chi connectivity index (χ1) is 5.57. The van der Waals surface area contributed by atoms with Crippen LogP contribution in [0.3, 0.4) is 0 Å². The van der Waals surface area contributed by atoms with Gasteiger partial charge in [0.1, 0.15) is 0 Å². The number of halogens is 4. The third-order valence-corrected chi connectivity index (χ3v) is 1.39. The number of hydrogen-bond donors (Lipinski definition) is 2. The lowest BCUT2D eigenvalue weighted by molar-refractivity contribution is -0.197. The largest absolute Gasteiger partial charge is 0.479 e. The molecule has 0 rings (SSSR count). The van der Waals surface area contributed by atoms with Crippen LogP contribution in [-0.4, -0.2) is 34.1 Å². The number of carboxylic acids is 1. The zero-order chi connectivity index (χ0) is 10.9. The van der Waals surface area contributed by atoms with Crippen molar-refractivity contribution in [2.45, 2.75) is 31.3 Å². The van der Waals surface area contributed by atoms with Crippen LogP contribution in [0.4, 0.5) is 17.6 Å². The molecule has 2 atom stereocenters. The van der Waals surface area contributed by atoms with Gasteiger partial charge in [-0.15, -0.1) is 0 Å². The number of carboxylic acid groups (broad SMARTS) is 1. The van der Waals surface area contributed by atoms with Gasteiger partial charge < -0.3 is 10.2 Å². The molecule has 0 fully saturated rings. The van der Waals surface area contributed by atoms with Crippen molar-refractivity contribution in [1.82, 2.24) is 0 Å². The molecule has 0 saturated heterocycles. The summed E-state index contributed by atoms with van der Waals surface area (Å²) in [6.45, 7) is 0.605. The fraction of sp³-hybridized carbons (Fsp3) is 0.833. The van der Waals surface area contributed by atoms with Gasteiger partial charge in [-0.2, -0.15) is 13.2 Å². The highest BCUT2D eigenvalue weighted by Crippen LogP contribution is 2.29. The van der Waals surface area contributed by atoms with Crippen LogP contribution < -0.4 is 0 Å². The number of aliphatic carboxylic acids is 1. The van der Waals surface area contributed by atoms with Gasteiger partial charge in [0.15, 0.2) is 11.8 Å². The second-order valence-corrected chi connectivity index (χ2v) is 2.79. The molecule has 0 aromatic rings. The number of aliphatic hydroxyl groups is 1. The van der Waals surface area contributed by atoms with E-state index in [-0.39, 0.29) is 0 Å². The van der Waals surface area contributed by atoms with E-state index in [0.29, 0.717) is 6.92 Å². The lowest BCUT2D eigenvalue weighted by Crippen LogP contribution is -2.41. The Kier molecular flexibility index (Phi) is 3.26. The molecule has 0 aliphatic heterocycles. The predicted octanol–water partition coefficient (Wildman–Crippen LogP) is 1.11. The Balaban J connectivity index is 4.37. The first-order valence-electron chi connectivity index (χ1n) is 3.24. The van der Waals surface area contributed by atoms with Crippen LogP contribution in [0, 0.1) is 0 Å². The van der Waals surface area contributed by atoms with Gasteiger partial charge in [0, 0.05) is 6.42 Å². The summed E-state index contributed by atoms with van der Waals surface area (Å²) in [5.41, 5.74) is -2.70. The fourth-order valence-electron chi connectivity index (χ4n) is 0.552. The molecule has 0 aromatic carbocycles. The van der Waals surface area contributed by atoms with Gasteiger partial charge in [-0.1, -0.05) is 0 Å². The maximum atomic E-state index is 12.2. The lowest BCUT2D eigenvalue weighted by atomic mass is 9.99. The maximum absolute atomic E-state index is 12.2. The van der Waals surface area contributed by atoms with Crippen molar-refractivity contribution in [3.05, 3.63) is 0 Å². The van der Waals surface area contributed by atoms with Crippen LogP contribution in [0.15, 0.2) is 0 Å². The SMILES string of the molecule is CC(O)(CC(F)C(F)(F)F)C(=O)O. The summed E-state index contributed by atoms with van der Waals surface area (Å²) in [5.74, 6) is -1.89. The first-order valence-corrected chi connectivity index (χ1v) is 3.24. The highest BCUT2D eigenvalue weighted by atomic mass is 19.4. The predicted molar refractivity (Wildman–Crippen MR) is 33.8 cm³/mol. The summed E-state index contributed by atoms with van der Waals surface area (Å²) in [7, 11) is 0. The Hall–Kier alpha value is -0.850.